The maximum Gasteiger partial charge on any atom is 0.141 e. The fraction of sp³-hybridized carbons (Fsp3) is 0. The van der Waals surface area contributed by atoms with Gasteiger partial charge in [-0.25, -0.2) is 0 Å². The van der Waals surface area contributed by atoms with E-state index in [4.69, 9.17) is 4.42 Å². The van der Waals surface area contributed by atoms with Crippen LogP contribution in [0, 0.1) is 0 Å². The second kappa shape index (κ2) is 15.6. The van der Waals surface area contributed by atoms with Gasteiger partial charge in [0, 0.05) is 49.7 Å². The van der Waals surface area contributed by atoms with E-state index in [0.29, 0.717) is 16.9 Å². The summed E-state index contributed by atoms with van der Waals surface area (Å²) in [5.74, 6) is 0. The molecular weight excluding hydrogens is 741 g/mol. The molecule has 0 amide bonds. The zero-order valence-electron chi connectivity index (χ0n) is 37.1. The molecule has 0 unspecified atom stereocenters. The monoisotopic (exact) mass is 784 g/mol. The normalized spacial score (nSPS) is 12.2. The van der Waals surface area contributed by atoms with Crippen LogP contribution in [0.2, 0.25) is 0 Å². The molecule has 2 heterocycles. The molecule has 0 bridgehead atoms. The Balaban J connectivity index is 1.10. The molecular formula is C58H40N2O. The first-order valence-electron chi connectivity index (χ1n) is 22.4. The third-order valence-electron chi connectivity index (χ3n) is 11.4. The van der Waals surface area contributed by atoms with Gasteiger partial charge in [-0.2, -0.15) is 0 Å². The average molecular weight is 785 g/mol. The summed E-state index contributed by atoms with van der Waals surface area (Å²) < 4.78 is 47.8. The predicted molar refractivity (Wildman–Crippen MR) is 257 cm³/mol. The molecule has 3 heteroatoms. The van der Waals surface area contributed by atoms with E-state index in [1.54, 1.807) is 6.26 Å². The van der Waals surface area contributed by atoms with Crippen LogP contribution in [0.3, 0.4) is 0 Å². The molecule has 11 rings (SSSR count). The number of benzene rings is 9. The van der Waals surface area contributed by atoms with Crippen LogP contribution < -0.4 is 4.90 Å². The molecule has 9 aromatic carbocycles. The molecule has 0 aliphatic heterocycles. The van der Waals surface area contributed by atoms with Gasteiger partial charge >= 0.3 is 0 Å². The van der Waals surface area contributed by atoms with Crippen molar-refractivity contribution in [3.05, 3.63) is 243 Å². The molecule has 0 aliphatic rings. The van der Waals surface area contributed by atoms with Crippen LogP contribution in [-0.4, -0.2) is 4.57 Å². The van der Waals surface area contributed by atoms with Crippen molar-refractivity contribution in [1.29, 1.82) is 0 Å². The number of fused-ring (bicyclic) bond motifs is 6. The zero-order valence-corrected chi connectivity index (χ0v) is 33.1. The first-order valence-corrected chi connectivity index (χ1v) is 20.4. The van der Waals surface area contributed by atoms with E-state index in [1.807, 2.05) is 157 Å². The summed E-state index contributed by atoms with van der Waals surface area (Å²) >= 11 is 0. The second-order valence-corrected chi connectivity index (χ2v) is 15.0. The topological polar surface area (TPSA) is 21.3 Å². The average Bonchev–Trinajstić information content (AvgIpc) is 3.74. The van der Waals surface area contributed by atoms with Crippen LogP contribution in [0.25, 0.3) is 82.6 Å². The number of rotatable bonds is 7. The minimum absolute atomic E-state index is 0.131. The molecule has 11 aromatic rings. The minimum Gasteiger partial charge on any atom is -0.463 e. The number of para-hydroxylation sites is 3. The van der Waals surface area contributed by atoms with Crippen LogP contribution in [0.4, 0.5) is 17.1 Å². The second-order valence-electron chi connectivity index (χ2n) is 15.0. The first kappa shape index (κ1) is 31.8. The summed E-state index contributed by atoms with van der Waals surface area (Å²) in [5, 5.41) is 5.26. The van der Waals surface area contributed by atoms with Crippen molar-refractivity contribution in [3.63, 3.8) is 0 Å². The van der Waals surface area contributed by atoms with Crippen LogP contribution in [0.5, 0.6) is 0 Å². The number of aromatic nitrogens is 1. The predicted octanol–water partition coefficient (Wildman–Crippen LogP) is 16.3. The van der Waals surface area contributed by atoms with Gasteiger partial charge in [0.2, 0.25) is 0 Å². The lowest BCUT2D eigenvalue weighted by Gasteiger charge is -2.28. The maximum absolute atomic E-state index is 9.80. The zero-order chi connectivity index (χ0) is 44.0. The Morgan fingerprint density at radius 2 is 0.967 bits per heavy atom. The molecule has 2 aromatic heterocycles. The molecule has 0 spiro atoms. The molecule has 0 fully saturated rings. The van der Waals surface area contributed by atoms with E-state index < -0.39 is 0 Å². The van der Waals surface area contributed by atoms with Gasteiger partial charge in [-0.15, -0.1) is 0 Å². The first-order chi connectivity index (χ1) is 31.9. The smallest absolute Gasteiger partial charge is 0.141 e. The van der Waals surface area contributed by atoms with Gasteiger partial charge < -0.3 is 13.9 Å². The molecule has 0 N–H and O–H groups in total. The number of anilines is 3. The van der Waals surface area contributed by atoms with Crippen molar-refractivity contribution in [2.75, 3.05) is 4.90 Å². The van der Waals surface area contributed by atoms with Crippen LogP contribution in [-0.2, 0) is 0 Å². The standard InChI is InChI=1S/C58H40N2O/c1-2-15-41(16-3-1)42-31-35-48(36-32-42)59(55-26-11-8-22-51(55)47-19-5-4-18-45-30-29-44-17-6-7-23-52(44)58(45)61-40-47)49-37-33-43(34-38-49)46-20-14-21-50(39-46)60-56-27-12-9-24-53(56)54-25-10-13-28-57(54)60/h1-40H/i33D,34D,37D,38D. The Labute approximate surface area is 360 Å². The van der Waals surface area contributed by atoms with E-state index in [2.05, 4.69) is 65.2 Å². The van der Waals surface area contributed by atoms with Crippen molar-refractivity contribution in [2.45, 2.75) is 0 Å². The Hall–Kier alpha value is -8.14. The number of nitrogens with zero attached hydrogens (tertiary/aromatic N) is 2. The number of hydrogen-bond donors (Lipinski definition) is 0. The summed E-state index contributed by atoms with van der Waals surface area (Å²) in [6.07, 6.45) is 1.76. The fourth-order valence-corrected chi connectivity index (χ4v) is 8.45. The van der Waals surface area contributed by atoms with Gasteiger partial charge in [0.1, 0.15) is 5.58 Å². The largest absolute Gasteiger partial charge is 0.463 e. The third kappa shape index (κ3) is 6.69. The lowest BCUT2D eigenvalue weighted by Crippen LogP contribution is -2.11. The maximum atomic E-state index is 9.80. The highest BCUT2D eigenvalue weighted by atomic mass is 16.3. The van der Waals surface area contributed by atoms with Crippen molar-refractivity contribution < 1.29 is 9.90 Å². The van der Waals surface area contributed by atoms with E-state index in [1.165, 1.54) is 0 Å². The summed E-state index contributed by atoms with van der Waals surface area (Å²) in [4.78, 5) is 1.85. The highest BCUT2D eigenvalue weighted by Gasteiger charge is 2.18. The summed E-state index contributed by atoms with van der Waals surface area (Å²) in [6.45, 7) is 0. The van der Waals surface area contributed by atoms with Gasteiger partial charge in [-0.1, -0.05) is 182 Å². The van der Waals surface area contributed by atoms with Gasteiger partial charge in [-0.3, -0.25) is 0 Å². The molecule has 0 saturated carbocycles. The molecule has 0 radical (unpaired) electrons. The lowest BCUT2D eigenvalue weighted by molar-refractivity contribution is 0.612. The SMILES string of the molecule is [2H]c1c([2H])c(N(c2ccc(-c3ccccc3)cc2)c2ccccc2-c2ccccc3ccc4ccccc4c3oc2)c([2H])c([2H])c1-c1cccc(-n2c3ccccc3c3ccccc32)c1. The Morgan fingerprint density at radius 3 is 1.74 bits per heavy atom. The van der Waals surface area contributed by atoms with Gasteiger partial charge in [0.05, 0.1) is 28.5 Å². The highest BCUT2D eigenvalue weighted by molar-refractivity contribution is 6.09. The summed E-state index contributed by atoms with van der Waals surface area (Å²) in [5.41, 5.74) is 9.54. The van der Waals surface area contributed by atoms with E-state index in [9.17, 15) is 5.48 Å². The van der Waals surface area contributed by atoms with Gasteiger partial charge in [0.15, 0.2) is 0 Å². The van der Waals surface area contributed by atoms with Crippen molar-refractivity contribution in [1.82, 2.24) is 4.57 Å². The minimum atomic E-state index is -0.163. The molecule has 61 heavy (non-hydrogen) atoms. The van der Waals surface area contributed by atoms with E-state index >= 15 is 0 Å². The Morgan fingerprint density at radius 1 is 0.393 bits per heavy atom. The lowest BCUT2D eigenvalue weighted by atomic mass is 10.0. The van der Waals surface area contributed by atoms with E-state index in [-0.39, 0.29) is 35.4 Å². The van der Waals surface area contributed by atoms with E-state index in [0.717, 1.165) is 71.5 Å². The van der Waals surface area contributed by atoms with Crippen molar-refractivity contribution >= 4 is 60.6 Å². The highest BCUT2D eigenvalue weighted by Crippen LogP contribution is 2.42. The summed E-state index contributed by atoms with van der Waals surface area (Å²) in [7, 11) is 0. The Bertz CT molecular complexity index is 3590. The third-order valence-corrected chi connectivity index (χ3v) is 11.4. The van der Waals surface area contributed by atoms with Gasteiger partial charge in [-0.05, 0) is 82.2 Å². The molecule has 0 atom stereocenters. The molecule has 0 aliphatic carbocycles. The molecule has 0 saturated heterocycles. The van der Waals surface area contributed by atoms with Crippen molar-refractivity contribution in [3.8, 4) is 39.1 Å². The van der Waals surface area contributed by atoms with Crippen LogP contribution in [0.1, 0.15) is 5.48 Å². The Kier molecular flexibility index (Phi) is 8.11. The molecule has 3 nitrogen and oxygen atoms in total. The van der Waals surface area contributed by atoms with Crippen LogP contribution >= 0.6 is 0 Å². The quantitative estimate of drug-likeness (QED) is 0.161. The fourth-order valence-electron chi connectivity index (χ4n) is 8.45. The van der Waals surface area contributed by atoms with Crippen LogP contribution in [0.15, 0.2) is 247 Å². The van der Waals surface area contributed by atoms with Gasteiger partial charge in [0.25, 0.3) is 0 Å². The summed E-state index contributed by atoms with van der Waals surface area (Å²) in [6, 6.07) is 70.0. The number of hydrogen-bond acceptors (Lipinski definition) is 2. The van der Waals surface area contributed by atoms with Crippen molar-refractivity contribution in [2.24, 2.45) is 0 Å². The molecule has 288 valence electrons.